The van der Waals surface area contributed by atoms with Crippen molar-refractivity contribution in [1.29, 1.82) is 0 Å². The molecule has 1 unspecified atom stereocenters. The lowest BCUT2D eigenvalue weighted by molar-refractivity contribution is -0.126. The van der Waals surface area contributed by atoms with E-state index in [1.807, 2.05) is 37.3 Å². The number of carbonyl (C=O) groups excluding carboxylic acids is 1. The van der Waals surface area contributed by atoms with Crippen molar-refractivity contribution in [2.75, 3.05) is 13.1 Å². The highest BCUT2D eigenvalue weighted by molar-refractivity contribution is 5.78. The molecule has 1 amide bonds. The van der Waals surface area contributed by atoms with Crippen LogP contribution in [0, 0.1) is 11.8 Å². The van der Waals surface area contributed by atoms with Crippen LogP contribution in [0.3, 0.4) is 0 Å². The number of rotatable bonds is 5. The Labute approximate surface area is 123 Å². The molecule has 1 aromatic carbocycles. The Kier molecular flexibility index (Phi) is 4.01. The van der Waals surface area contributed by atoms with Gasteiger partial charge in [0, 0.05) is 11.5 Å². The molecule has 1 saturated heterocycles. The Morgan fingerprint density at radius 2 is 2.19 bits per heavy atom. The molecule has 0 bridgehead atoms. The summed E-state index contributed by atoms with van der Waals surface area (Å²) in [5.74, 6) is 1.13. The lowest BCUT2D eigenvalue weighted by Gasteiger charge is -2.31. The van der Waals surface area contributed by atoms with E-state index in [4.69, 9.17) is 4.42 Å². The summed E-state index contributed by atoms with van der Waals surface area (Å²) in [6.45, 7) is 4.23. The first-order chi connectivity index (χ1) is 10.2. The van der Waals surface area contributed by atoms with Crippen molar-refractivity contribution in [3.63, 3.8) is 0 Å². The predicted octanol–water partition coefficient (Wildman–Crippen LogP) is 1.81. The maximum absolute atomic E-state index is 12.0. The van der Waals surface area contributed by atoms with Crippen LogP contribution in [0.25, 0.3) is 11.5 Å². The zero-order valence-electron chi connectivity index (χ0n) is 12.0. The van der Waals surface area contributed by atoms with Gasteiger partial charge in [-0.25, -0.2) is 4.98 Å². The van der Waals surface area contributed by atoms with E-state index in [0.717, 1.165) is 24.3 Å². The van der Waals surface area contributed by atoms with Crippen LogP contribution in [0.4, 0.5) is 0 Å². The van der Waals surface area contributed by atoms with Crippen molar-refractivity contribution in [3.8, 4) is 11.5 Å². The van der Waals surface area contributed by atoms with Gasteiger partial charge in [-0.05, 0) is 31.1 Å². The molecule has 1 aliphatic rings. The second-order valence-electron chi connectivity index (χ2n) is 5.43. The Hall–Kier alpha value is -2.14. The van der Waals surface area contributed by atoms with Crippen LogP contribution in [0.2, 0.25) is 0 Å². The molecular weight excluding hydrogens is 266 g/mol. The first-order valence-corrected chi connectivity index (χ1v) is 7.22. The van der Waals surface area contributed by atoms with Gasteiger partial charge in [-0.3, -0.25) is 4.79 Å². The molecule has 5 nitrogen and oxygen atoms in total. The molecule has 1 aliphatic heterocycles. The van der Waals surface area contributed by atoms with Crippen LogP contribution in [0.15, 0.2) is 41.0 Å². The minimum atomic E-state index is 0.0340. The van der Waals surface area contributed by atoms with Crippen LogP contribution < -0.4 is 10.6 Å². The van der Waals surface area contributed by atoms with E-state index in [1.54, 1.807) is 6.26 Å². The van der Waals surface area contributed by atoms with Crippen LogP contribution in [0.1, 0.15) is 12.6 Å². The summed E-state index contributed by atoms with van der Waals surface area (Å²) in [6, 6.07) is 9.72. The fourth-order valence-corrected chi connectivity index (χ4v) is 2.32. The third kappa shape index (κ3) is 3.13. The molecule has 21 heavy (non-hydrogen) atoms. The second kappa shape index (κ2) is 6.10. The van der Waals surface area contributed by atoms with E-state index in [1.165, 1.54) is 0 Å². The molecule has 5 heteroatoms. The number of hydrogen-bond acceptors (Lipinski definition) is 4. The van der Waals surface area contributed by atoms with Crippen molar-refractivity contribution >= 4 is 5.91 Å². The lowest BCUT2D eigenvalue weighted by atomic mass is 9.88. The molecule has 0 aliphatic carbocycles. The van der Waals surface area contributed by atoms with Crippen LogP contribution in [-0.2, 0) is 11.3 Å². The van der Waals surface area contributed by atoms with Gasteiger partial charge in [0.25, 0.3) is 0 Å². The fraction of sp³-hybridized carbons (Fsp3) is 0.375. The van der Waals surface area contributed by atoms with E-state index < -0.39 is 0 Å². The van der Waals surface area contributed by atoms with E-state index in [0.29, 0.717) is 18.4 Å². The number of carbonyl (C=O) groups is 1. The Morgan fingerprint density at radius 1 is 1.43 bits per heavy atom. The lowest BCUT2D eigenvalue weighted by Crippen LogP contribution is -2.49. The third-order valence-electron chi connectivity index (χ3n) is 3.95. The van der Waals surface area contributed by atoms with Crippen molar-refractivity contribution in [3.05, 3.63) is 42.3 Å². The third-order valence-corrected chi connectivity index (χ3v) is 3.95. The molecule has 2 aromatic rings. The molecule has 0 spiro atoms. The summed E-state index contributed by atoms with van der Waals surface area (Å²) < 4.78 is 5.45. The highest BCUT2D eigenvalue weighted by Gasteiger charge is 2.28. The second-order valence-corrected chi connectivity index (χ2v) is 5.43. The maximum Gasteiger partial charge on any atom is 0.226 e. The summed E-state index contributed by atoms with van der Waals surface area (Å²) in [5.41, 5.74) is 1.67. The number of benzene rings is 1. The zero-order chi connectivity index (χ0) is 14.7. The average molecular weight is 285 g/mol. The summed E-state index contributed by atoms with van der Waals surface area (Å²) in [4.78, 5) is 16.4. The molecule has 1 aromatic heterocycles. The predicted molar refractivity (Wildman–Crippen MR) is 79.3 cm³/mol. The SMILES string of the molecule is CC(C(=O)NCc1coc(-c2ccccc2)n1)C1CNC1. The van der Waals surface area contributed by atoms with E-state index in [2.05, 4.69) is 15.6 Å². The maximum atomic E-state index is 12.0. The van der Waals surface area contributed by atoms with Crippen molar-refractivity contribution < 1.29 is 9.21 Å². The standard InChI is InChI=1S/C16H19N3O2/c1-11(13-7-17-8-13)15(20)18-9-14-10-21-16(19-14)12-5-3-2-4-6-12/h2-6,10-11,13,17H,7-9H2,1H3,(H,18,20). The van der Waals surface area contributed by atoms with Gasteiger partial charge < -0.3 is 15.1 Å². The number of amides is 1. The minimum Gasteiger partial charge on any atom is -0.444 e. The Morgan fingerprint density at radius 3 is 2.86 bits per heavy atom. The van der Waals surface area contributed by atoms with E-state index in [9.17, 15) is 4.79 Å². The number of nitrogens with one attached hydrogen (secondary N) is 2. The highest BCUT2D eigenvalue weighted by Crippen LogP contribution is 2.18. The number of aromatic nitrogens is 1. The van der Waals surface area contributed by atoms with Crippen LogP contribution in [0.5, 0.6) is 0 Å². The average Bonchev–Trinajstić information content (AvgIpc) is 2.92. The van der Waals surface area contributed by atoms with Gasteiger partial charge in [-0.15, -0.1) is 0 Å². The van der Waals surface area contributed by atoms with Gasteiger partial charge in [0.15, 0.2) is 0 Å². The summed E-state index contributed by atoms with van der Waals surface area (Å²) >= 11 is 0. The molecule has 1 fully saturated rings. The Balaban J connectivity index is 1.56. The first kappa shape index (κ1) is 13.8. The van der Waals surface area contributed by atoms with Gasteiger partial charge in [0.2, 0.25) is 11.8 Å². The minimum absolute atomic E-state index is 0.0340. The summed E-state index contributed by atoms with van der Waals surface area (Å²) in [6.07, 6.45) is 1.60. The molecule has 2 heterocycles. The number of hydrogen-bond donors (Lipinski definition) is 2. The molecule has 2 N–H and O–H groups in total. The van der Waals surface area contributed by atoms with Gasteiger partial charge in [-0.2, -0.15) is 0 Å². The number of oxazole rings is 1. The van der Waals surface area contributed by atoms with Crippen LogP contribution in [-0.4, -0.2) is 24.0 Å². The van der Waals surface area contributed by atoms with Crippen molar-refractivity contribution in [1.82, 2.24) is 15.6 Å². The quantitative estimate of drug-likeness (QED) is 0.879. The summed E-state index contributed by atoms with van der Waals surface area (Å²) in [5, 5.41) is 6.11. The number of nitrogens with zero attached hydrogens (tertiary/aromatic N) is 1. The topological polar surface area (TPSA) is 67.2 Å². The van der Waals surface area contributed by atoms with Crippen LogP contribution >= 0.6 is 0 Å². The van der Waals surface area contributed by atoms with Gasteiger partial charge in [0.1, 0.15) is 6.26 Å². The Bertz CT molecular complexity index is 605. The highest BCUT2D eigenvalue weighted by atomic mass is 16.3. The first-order valence-electron chi connectivity index (χ1n) is 7.22. The molecule has 3 rings (SSSR count). The molecular formula is C16H19N3O2. The fourth-order valence-electron chi connectivity index (χ4n) is 2.32. The largest absolute Gasteiger partial charge is 0.444 e. The molecule has 110 valence electrons. The normalized spacial score (nSPS) is 16.2. The van der Waals surface area contributed by atoms with Gasteiger partial charge >= 0.3 is 0 Å². The monoisotopic (exact) mass is 285 g/mol. The van der Waals surface area contributed by atoms with E-state index in [-0.39, 0.29) is 11.8 Å². The molecule has 0 saturated carbocycles. The zero-order valence-corrected chi connectivity index (χ0v) is 12.0. The van der Waals surface area contributed by atoms with Crippen molar-refractivity contribution in [2.45, 2.75) is 13.5 Å². The van der Waals surface area contributed by atoms with E-state index >= 15 is 0 Å². The van der Waals surface area contributed by atoms with Gasteiger partial charge in [0.05, 0.1) is 12.2 Å². The van der Waals surface area contributed by atoms with Gasteiger partial charge in [-0.1, -0.05) is 25.1 Å². The summed E-state index contributed by atoms with van der Waals surface area (Å²) in [7, 11) is 0. The molecule has 1 atom stereocenters. The smallest absolute Gasteiger partial charge is 0.226 e. The molecule has 0 radical (unpaired) electrons. The van der Waals surface area contributed by atoms with Crippen molar-refractivity contribution in [2.24, 2.45) is 11.8 Å².